The third-order valence-electron chi connectivity index (χ3n) is 4.71. The van der Waals surface area contributed by atoms with E-state index in [0.717, 1.165) is 23.3 Å². The first kappa shape index (κ1) is 16.2. The average Bonchev–Trinajstić information content (AvgIpc) is 3.18. The van der Waals surface area contributed by atoms with Crippen molar-refractivity contribution in [1.29, 1.82) is 0 Å². The molecular formula is C18H27N3O2. The van der Waals surface area contributed by atoms with Crippen LogP contribution in [-0.2, 0) is 13.6 Å². The Labute approximate surface area is 137 Å². The summed E-state index contributed by atoms with van der Waals surface area (Å²) < 4.78 is 3.44. The molecule has 1 aliphatic rings. The van der Waals surface area contributed by atoms with E-state index in [1.807, 2.05) is 30.5 Å². The molecule has 0 amide bonds. The highest BCUT2D eigenvalue weighted by atomic mass is 16.3. The summed E-state index contributed by atoms with van der Waals surface area (Å²) in [6.07, 6.45) is 0.957. The molecule has 2 atom stereocenters. The molecule has 0 saturated heterocycles. The Hall–Kier alpha value is -1.62. The maximum atomic E-state index is 12.5. The lowest BCUT2D eigenvalue weighted by molar-refractivity contribution is 0.0545. The van der Waals surface area contributed by atoms with Crippen LogP contribution in [0.5, 0.6) is 0 Å². The number of hydrogen-bond donors (Lipinski definition) is 1. The normalized spacial score (nSPS) is 21.9. The highest BCUT2D eigenvalue weighted by Crippen LogP contribution is 2.52. The Morgan fingerprint density at radius 3 is 2.43 bits per heavy atom. The smallest absolute Gasteiger partial charge is 0.330 e. The second-order valence-electron chi connectivity index (χ2n) is 8.67. The minimum absolute atomic E-state index is 0.0191. The van der Waals surface area contributed by atoms with E-state index in [1.54, 1.807) is 11.6 Å². The van der Waals surface area contributed by atoms with Gasteiger partial charge >= 0.3 is 5.69 Å². The number of aryl methyl sites for hydroxylation is 1. The first-order valence-corrected chi connectivity index (χ1v) is 8.27. The van der Waals surface area contributed by atoms with Crippen LogP contribution in [-0.4, -0.2) is 24.8 Å². The van der Waals surface area contributed by atoms with E-state index in [9.17, 15) is 9.90 Å². The van der Waals surface area contributed by atoms with Crippen molar-refractivity contribution in [3.8, 4) is 0 Å². The van der Waals surface area contributed by atoms with E-state index in [2.05, 4.69) is 20.8 Å². The zero-order valence-electron chi connectivity index (χ0n) is 14.9. The molecule has 0 spiro atoms. The predicted octanol–water partition coefficient (Wildman–Crippen LogP) is 2.66. The summed E-state index contributed by atoms with van der Waals surface area (Å²) in [5.74, 6) is 0.543. The van der Waals surface area contributed by atoms with Gasteiger partial charge < -0.3 is 5.11 Å². The molecule has 3 rings (SSSR count). The van der Waals surface area contributed by atoms with Crippen molar-refractivity contribution in [3.63, 3.8) is 0 Å². The minimum Gasteiger partial charge on any atom is -0.390 e. The summed E-state index contributed by atoms with van der Waals surface area (Å²) in [6.45, 7) is 10.7. The van der Waals surface area contributed by atoms with Crippen LogP contribution in [0.4, 0.5) is 0 Å². The van der Waals surface area contributed by atoms with Gasteiger partial charge in [0.05, 0.1) is 11.1 Å². The molecule has 5 heteroatoms. The number of fused-ring (bicyclic) bond motifs is 1. The van der Waals surface area contributed by atoms with Crippen molar-refractivity contribution >= 4 is 11.2 Å². The van der Waals surface area contributed by atoms with E-state index in [1.165, 1.54) is 0 Å². The topological polar surface area (TPSA) is 60.0 Å². The number of imidazole rings is 1. The lowest BCUT2D eigenvalue weighted by atomic mass is 9.97. The van der Waals surface area contributed by atoms with Crippen LogP contribution in [0.25, 0.3) is 11.2 Å². The molecule has 1 N–H and O–H groups in total. The van der Waals surface area contributed by atoms with E-state index < -0.39 is 5.60 Å². The van der Waals surface area contributed by atoms with Crippen molar-refractivity contribution in [2.24, 2.45) is 18.4 Å². The maximum absolute atomic E-state index is 12.5. The maximum Gasteiger partial charge on any atom is 0.330 e. The first-order chi connectivity index (χ1) is 10.5. The van der Waals surface area contributed by atoms with Gasteiger partial charge in [0.15, 0.2) is 5.65 Å². The number of hydrogen-bond acceptors (Lipinski definition) is 3. The molecule has 1 aliphatic carbocycles. The third kappa shape index (κ3) is 2.94. The van der Waals surface area contributed by atoms with Gasteiger partial charge in [0.2, 0.25) is 0 Å². The molecule has 2 aromatic rings. The Kier molecular flexibility index (Phi) is 3.49. The largest absolute Gasteiger partial charge is 0.390 e. The summed E-state index contributed by atoms with van der Waals surface area (Å²) in [6, 6.07) is 4.02. The van der Waals surface area contributed by atoms with Gasteiger partial charge in [-0.15, -0.1) is 0 Å². The van der Waals surface area contributed by atoms with Gasteiger partial charge in [-0.2, -0.15) is 0 Å². The quantitative estimate of drug-likeness (QED) is 0.947. The van der Waals surface area contributed by atoms with Crippen molar-refractivity contribution in [1.82, 2.24) is 14.1 Å². The van der Waals surface area contributed by atoms with E-state index in [0.29, 0.717) is 12.5 Å². The van der Waals surface area contributed by atoms with Gasteiger partial charge in [-0.3, -0.25) is 9.13 Å². The van der Waals surface area contributed by atoms with Crippen molar-refractivity contribution in [3.05, 3.63) is 28.3 Å². The summed E-state index contributed by atoms with van der Waals surface area (Å²) in [7, 11) is 1.78. The number of nitrogens with zero attached hydrogens (tertiary/aromatic N) is 3. The predicted molar refractivity (Wildman–Crippen MR) is 91.6 cm³/mol. The van der Waals surface area contributed by atoms with E-state index >= 15 is 0 Å². The van der Waals surface area contributed by atoms with E-state index in [-0.39, 0.29) is 17.0 Å². The van der Waals surface area contributed by atoms with Crippen LogP contribution in [0.1, 0.15) is 52.7 Å². The average molecular weight is 317 g/mol. The van der Waals surface area contributed by atoms with Gasteiger partial charge in [0.25, 0.3) is 0 Å². The van der Waals surface area contributed by atoms with Gasteiger partial charge in [-0.1, -0.05) is 20.8 Å². The molecule has 2 aromatic heterocycles. The molecular weight excluding hydrogens is 290 g/mol. The molecule has 0 radical (unpaired) electrons. The van der Waals surface area contributed by atoms with Crippen LogP contribution >= 0.6 is 0 Å². The zero-order valence-corrected chi connectivity index (χ0v) is 14.9. The molecule has 2 heterocycles. The zero-order chi connectivity index (χ0) is 17.2. The Morgan fingerprint density at radius 2 is 1.91 bits per heavy atom. The van der Waals surface area contributed by atoms with Gasteiger partial charge in [-0.05, 0) is 43.7 Å². The number of rotatable bonds is 3. The van der Waals surface area contributed by atoms with Crippen LogP contribution in [0.15, 0.2) is 16.9 Å². The van der Waals surface area contributed by atoms with Crippen LogP contribution < -0.4 is 5.69 Å². The SMILES string of the molecule is Cn1c(=O)n(CC(C)(C)C)c2ccc([C@@H]3C[C@H]3C(C)(C)O)nc21. The van der Waals surface area contributed by atoms with Gasteiger partial charge in [-0.25, -0.2) is 9.78 Å². The molecule has 1 saturated carbocycles. The minimum atomic E-state index is -0.675. The monoisotopic (exact) mass is 317 g/mol. The molecule has 5 nitrogen and oxygen atoms in total. The summed E-state index contributed by atoms with van der Waals surface area (Å²) in [5.41, 5.74) is 1.93. The Bertz CT molecular complexity index is 802. The van der Waals surface area contributed by atoms with Crippen molar-refractivity contribution in [2.75, 3.05) is 0 Å². The highest BCUT2D eigenvalue weighted by Gasteiger charge is 2.48. The fraction of sp³-hybridized carbons (Fsp3) is 0.667. The molecule has 0 unspecified atom stereocenters. The molecule has 1 fully saturated rings. The number of aromatic nitrogens is 3. The Balaban J connectivity index is 2.02. The highest BCUT2D eigenvalue weighted by molar-refractivity contribution is 5.72. The van der Waals surface area contributed by atoms with Gasteiger partial charge in [0, 0.05) is 25.2 Å². The van der Waals surface area contributed by atoms with Crippen LogP contribution in [0.2, 0.25) is 0 Å². The number of pyridine rings is 1. The standard InChI is InChI=1S/C18H27N3O2/c1-17(2,3)10-21-14-8-7-13(11-9-12(11)18(4,5)23)19-15(14)20(6)16(21)22/h7-8,11-12,23H,9-10H2,1-6H3/t11-,12-/m1/s1. The van der Waals surface area contributed by atoms with E-state index in [4.69, 9.17) is 4.98 Å². The summed E-state index contributed by atoms with van der Waals surface area (Å²) in [4.78, 5) is 17.3. The molecule has 126 valence electrons. The van der Waals surface area contributed by atoms with Crippen LogP contribution in [0, 0.1) is 11.3 Å². The summed E-state index contributed by atoms with van der Waals surface area (Å²) >= 11 is 0. The summed E-state index contributed by atoms with van der Waals surface area (Å²) in [5, 5.41) is 10.1. The molecule has 0 aliphatic heterocycles. The lowest BCUT2D eigenvalue weighted by Gasteiger charge is -2.18. The first-order valence-electron chi connectivity index (χ1n) is 8.27. The molecule has 0 bridgehead atoms. The number of aliphatic hydroxyl groups is 1. The Morgan fingerprint density at radius 1 is 1.26 bits per heavy atom. The van der Waals surface area contributed by atoms with Crippen LogP contribution in [0.3, 0.4) is 0 Å². The second-order valence-corrected chi connectivity index (χ2v) is 8.67. The molecule has 0 aromatic carbocycles. The van der Waals surface area contributed by atoms with Crippen molar-refractivity contribution in [2.45, 2.75) is 59.1 Å². The second kappa shape index (κ2) is 4.94. The van der Waals surface area contributed by atoms with Crippen molar-refractivity contribution < 1.29 is 5.11 Å². The third-order valence-corrected chi connectivity index (χ3v) is 4.71. The fourth-order valence-corrected chi connectivity index (χ4v) is 3.42. The molecule has 23 heavy (non-hydrogen) atoms. The fourth-order valence-electron chi connectivity index (χ4n) is 3.42. The lowest BCUT2D eigenvalue weighted by Crippen LogP contribution is -2.27. The van der Waals surface area contributed by atoms with Gasteiger partial charge in [0.1, 0.15) is 0 Å².